The lowest BCUT2D eigenvalue weighted by atomic mass is 9.85. The second-order valence-electron chi connectivity index (χ2n) is 7.31. The van der Waals surface area contributed by atoms with E-state index in [-0.39, 0.29) is 30.2 Å². The Morgan fingerprint density at radius 3 is 2.59 bits per heavy atom. The van der Waals surface area contributed by atoms with Crippen molar-refractivity contribution in [2.24, 2.45) is 11.8 Å². The summed E-state index contributed by atoms with van der Waals surface area (Å²) in [7, 11) is 0. The Bertz CT molecular complexity index is 944. The van der Waals surface area contributed by atoms with Gasteiger partial charge >= 0.3 is 0 Å². The highest BCUT2D eigenvalue weighted by Crippen LogP contribution is 2.39. The maximum Gasteiger partial charge on any atom is 0.229 e. The van der Waals surface area contributed by atoms with E-state index in [4.69, 9.17) is 28.3 Å². The van der Waals surface area contributed by atoms with Gasteiger partial charge in [0.25, 0.3) is 0 Å². The summed E-state index contributed by atoms with van der Waals surface area (Å²) in [4.78, 5) is 14.5. The Hall–Kier alpha value is -2.06. The second-order valence-corrected chi connectivity index (χ2v) is 8.13. The molecule has 6 heteroatoms. The summed E-state index contributed by atoms with van der Waals surface area (Å²) in [5.74, 6) is 5.34. The number of carbonyl (C=O) groups excluding carboxylic acids is 1. The first kappa shape index (κ1) is 21.6. The molecule has 1 saturated heterocycles. The van der Waals surface area contributed by atoms with Crippen molar-refractivity contribution in [2.75, 3.05) is 18.1 Å². The fraction of sp³-hybridized carbons (Fsp3) is 0.348. The third kappa shape index (κ3) is 5.11. The number of aliphatic hydroxyl groups excluding tert-OH is 1. The number of piperidine rings is 1. The number of halogens is 3. The molecule has 0 saturated carbocycles. The van der Waals surface area contributed by atoms with Crippen molar-refractivity contribution < 1.29 is 14.3 Å². The van der Waals surface area contributed by atoms with Crippen molar-refractivity contribution in [3.8, 4) is 11.8 Å². The van der Waals surface area contributed by atoms with Crippen LogP contribution in [0.5, 0.6) is 0 Å². The first-order chi connectivity index (χ1) is 13.9. The summed E-state index contributed by atoms with van der Waals surface area (Å²) < 4.78 is 14.1. The van der Waals surface area contributed by atoms with Crippen LogP contribution in [0.3, 0.4) is 0 Å². The van der Waals surface area contributed by atoms with Gasteiger partial charge < -0.3 is 10.0 Å². The molecule has 0 bridgehead atoms. The fourth-order valence-electron chi connectivity index (χ4n) is 3.73. The molecule has 0 aliphatic carbocycles. The van der Waals surface area contributed by atoms with Crippen LogP contribution >= 0.6 is 23.2 Å². The van der Waals surface area contributed by atoms with Crippen molar-refractivity contribution in [1.29, 1.82) is 0 Å². The standard InChI is InChI=1S/C23H22Cl2FNO2/c1-15-10-17(11-18-7-2-3-8-21(18)26)14-27(23(15)29)22-19(24)12-16(13-20(22)25)6-4-5-9-28/h2-3,7-8,12-13,15,17,28H,5,9-11,14H2,1H3/t15-,17-/m1/s1. The van der Waals surface area contributed by atoms with Crippen LogP contribution in [-0.2, 0) is 11.2 Å². The summed E-state index contributed by atoms with van der Waals surface area (Å²) in [5.41, 5.74) is 1.74. The van der Waals surface area contributed by atoms with Crippen molar-refractivity contribution in [1.82, 2.24) is 0 Å². The molecule has 0 unspecified atom stereocenters. The van der Waals surface area contributed by atoms with Gasteiger partial charge in [-0.3, -0.25) is 4.79 Å². The van der Waals surface area contributed by atoms with E-state index in [1.165, 1.54) is 6.07 Å². The van der Waals surface area contributed by atoms with Gasteiger partial charge in [0, 0.05) is 24.4 Å². The summed E-state index contributed by atoms with van der Waals surface area (Å²) in [6, 6.07) is 10.1. The van der Waals surface area contributed by atoms with Crippen LogP contribution in [0.25, 0.3) is 0 Å². The average Bonchev–Trinajstić information content (AvgIpc) is 2.67. The van der Waals surface area contributed by atoms with Crippen molar-refractivity contribution in [3.63, 3.8) is 0 Å². The minimum absolute atomic E-state index is 0.0177. The third-order valence-electron chi connectivity index (χ3n) is 5.04. The predicted octanol–water partition coefficient (Wildman–Crippen LogP) is 5.10. The molecular weight excluding hydrogens is 412 g/mol. The molecule has 1 aliphatic rings. The highest BCUT2D eigenvalue weighted by molar-refractivity contribution is 6.40. The predicted molar refractivity (Wildman–Crippen MR) is 115 cm³/mol. The van der Waals surface area contributed by atoms with Gasteiger partial charge in [-0.15, -0.1) is 0 Å². The lowest BCUT2D eigenvalue weighted by Gasteiger charge is -2.37. The molecule has 1 amide bonds. The molecule has 1 fully saturated rings. The summed E-state index contributed by atoms with van der Waals surface area (Å²) in [6.07, 6.45) is 1.58. The highest BCUT2D eigenvalue weighted by atomic mass is 35.5. The minimum atomic E-state index is -0.231. The largest absolute Gasteiger partial charge is 0.395 e. The molecule has 1 aliphatic heterocycles. The maximum absolute atomic E-state index is 14.1. The van der Waals surface area contributed by atoms with E-state index in [2.05, 4.69) is 11.8 Å². The van der Waals surface area contributed by atoms with E-state index < -0.39 is 0 Å². The molecule has 2 aromatic carbocycles. The highest BCUT2D eigenvalue weighted by Gasteiger charge is 2.34. The zero-order chi connectivity index (χ0) is 21.0. The smallest absolute Gasteiger partial charge is 0.229 e. The number of carbonyl (C=O) groups is 1. The maximum atomic E-state index is 14.1. The fourth-order valence-corrected chi connectivity index (χ4v) is 4.42. The molecule has 0 aromatic heterocycles. The van der Waals surface area contributed by atoms with Gasteiger partial charge in [-0.25, -0.2) is 4.39 Å². The van der Waals surface area contributed by atoms with E-state index in [1.54, 1.807) is 29.2 Å². The normalized spacial score (nSPS) is 19.1. The number of nitrogens with zero attached hydrogens (tertiary/aromatic N) is 1. The lowest BCUT2D eigenvalue weighted by molar-refractivity contribution is -0.124. The Kier molecular flexibility index (Phi) is 7.18. The van der Waals surface area contributed by atoms with Gasteiger partial charge in [0.1, 0.15) is 5.82 Å². The van der Waals surface area contributed by atoms with Crippen molar-refractivity contribution >= 4 is 34.8 Å². The van der Waals surface area contributed by atoms with Crippen LogP contribution in [0.2, 0.25) is 10.0 Å². The summed E-state index contributed by atoms with van der Waals surface area (Å²) >= 11 is 12.9. The molecule has 3 rings (SSSR count). The quantitative estimate of drug-likeness (QED) is 0.681. The monoisotopic (exact) mass is 433 g/mol. The van der Waals surface area contributed by atoms with Crippen LogP contribution in [0.15, 0.2) is 36.4 Å². The number of amides is 1. The van der Waals surface area contributed by atoms with Crippen molar-refractivity contribution in [2.45, 2.75) is 26.2 Å². The molecule has 3 nitrogen and oxygen atoms in total. The topological polar surface area (TPSA) is 40.5 Å². The van der Waals surface area contributed by atoms with Gasteiger partial charge in [0.15, 0.2) is 0 Å². The summed E-state index contributed by atoms with van der Waals surface area (Å²) in [5, 5.41) is 9.54. The van der Waals surface area contributed by atoms with E-state index in [0.29, 0.717) is 52.7 Å². The molecular formula is C23H22Cl2FNO2. The minimum Gasteiger partial charge on any atom is -0.395 e. The first-order valence-electron chi connectivity index (χ1n) is 9.54. The van der Waals surface area contributed by atoms with Gasteiger partial charge in [0.05, 0.1) is 22.3 Å². The molecule has 0 spiro atoms. The van der Waals surface area contributed by atoms with Crippen LogP contribution in [0.1, 0.15) is 30.9 Å². The molecule has 1 N–H and O–H groups in total. The Balaban J connectivity index is 1.87. The third-order valence-corrected chi connectivity index (χ3v) is 5.61. The number of benzene rings is 2. The van der Waals surface area contributed by atoms with Gasteiger partial charge in [0.2, 0.25) is 5.91 Å². The van der Waals surface area contributed by atoms with Crippen LogP contribution in [0, 0.1) is 29.5 Å². The zero-order valence-corrected chi connectivity index (χ0v) is 17.6. The summed E-state index contributed by atoms with van der Waals surface area (Å²) in [6.45, 7) is 2.28. The number of rotatable bonds is 4. The van der Waals surface area contributed by atoms with Crippen LogP contribution in [-0.4, -0.2) is 24.2 Å². The molecule has 1 heterocycles. The molecule has 2 atom stereocenters. The Labute approximate surface area is 180 Å². The number of aliphatic hydroxyl groups is 1. The number of hydrogen-bond donors (Lipinski definition) is 1. The molecule has 152 valence electrons. The molecule has 0 radical (unpaired) electrons. The average molecular weight is 434 g/mol. The second kappa shape index (κ2) is 9.63. The van der Waals surface area contributed by atoms with E-state index >= 15 is 0 Å². The lowest BCUT2D eigenvalue weighted by Crippen LogP contribution is -2.45. The zero-order valence-electron chi connectivity index (χ0n) is 16.1. The molecule has 29 heavy (non-hydrogen) atoms. The van der Waals surface area contributed by atoms with Crippen molar-refractivity contribution in [3.05, 3.63) is 63.4 Å². The van der Waals surface area contributed by atoms with Crippen LogP contribution in [0.4, 0.5) is 10.1 Å². The molecule has 2 aromatic rings. The van der Waals surface area contributed by atoms with Gasteiger partial charge in [-0.2, -0.15) is 0 Å². The Morgan fingerprint density at radius 2 is 1.93 bits per heavy atom. The Morgan fingerprint density at radius 1 is 1.24 bits per heavy atom. The first-order valence-corrected chi connectivity index (χ1v) is 10.3. The van der Waals surface area contributed by atoms with Crippen LogP contribution < -0.4 is 4.90 Å². The SMILES string of the molecule is C[C@@H]1C[C@H](Cc2ccccc2F)CN(c2c(Cl)cc(C#CCCO)cc2Cl)C1=O. The van der Waals surface area contributed by atoms with E-state index in [9.17, 15) is 9.18 Å². The number of hydrogen-bond acceptors (Lipinski definition) is 2. The van der Waals surface area contributed by atoms with Gasteiger partial charge in [-0.05, 0) is 42.5 Å². The van der Waals surface area contributed by atoms with E-state index in [1.807, 2.05) is 13.0 Å². The van der Waals surface area contributed by atoms with Gasteiger partial charge in [-0.1, -0.05) is 60.2 Å². The number of anilines is 1. The van der Waals surface area contributed by atoms with E-state index in [0.717, 1.165) is 0 Å².